The van der Waals surface area contributed by atoms with E-state index in [-0.39, 0.29) is 6.04 Å². The van der Waals surface area contributed by atoms with Gasteiger partial charge in [0.1, 0.15) is 17.7 Å². The molecule has 3 aromatic heterocycles. The molecule has 0 unspecified atom stereocenters. The molecule has 162 valence electrons. The van der Waals surface area contributed by atoms with E-state index in [1.807, 2.05) is 25.1 Å². The van der Waals surface area contributed by atoms with Crippen molar-refractivity contribution < 1.29 is 4.79 Å². The zero-order valence-electron chi connectivity index (χ0n) is 17.8. The van der Waals surface area contributed by atoms with Gasteiger partial charge in [0.15, 0.2) is 0 Å². The Hall–Kier alpha value is -4.06. The van der Waals surface area contributed by atoms with Crippen LogP contribution in [0.25, 0.3) is 0 Å². The summed E-state index contributed by atoms with van der Waals surface area (Å²) >= 11 is 0. The Balaban J connectivity index is 1.44. The van der Waals surface area contributed by atoms with Crippen molar-refractivity contribution in [2.24, 2.45) is 5.73 Å². The zero-order valence-corrected chi connectivity index (χ0v) is 17.8. The molecule has 9 heteroatoms. The van der Waals surface area contributed by atoms with E-state index in [9.17, 15) is 4.79 Å². The van der Waals surface area contributed by atoms with E-state index in [4.69, 9.17) is 11.0 Å². The number of carbonyl (C=O) groups is 1. The third-order valence-corrected chi connectivity index (χ3v) is 5.48. The minimum Gasteiger partial charge on any atom is -0.381 e. The second-order valence-corrected chi connectivity index (χ2v) is 7.78. The first-order chi connectivity index (χ1) is 15.5. The van der Waals surface area contributed by atoms with Crippen molar-refractivity contribution in [3.63, 3.8) is 0 Å². The maximum absolute atomic E-state index is 11.9. The van der Waals surface area contributed by atoms with Gasteiger partial charge in [-0.3, -0.25) is 9.78 Å². The number of primary amides is 1. The van der Waals surface area contributed by atoms with Crippen LogP contribution < -0.4 is 16.0 Å². The van der Waals surface area contributed by atoms with E-state index < -0.39 is 5.91 Å². The van der Waals surface area contributed by atoms with E-state index >= 15 is 0 Å². The summed E-state index contributed by atoms with van der Waals surface area (Å²) in [5, 5.41) is 12.4. The molecule has 32 heavy (non-hydrogen) atoms. The number of aryl methyl sites for hydroxylation is 1. The number of pyridine rings is 2. The molecule has 0 radical (unpaired) electrons. The summed E-state index contributed by atoms with van der Waals surface area (Å²) in [4.78, 5) is 31.5. The average molecular weight is 429 g/mol. The molecule has 1 aliphatic rings. The second kappa shape index (κ2) is 9.39. The third-order valence-electron chi connectivity index (χ3n) is 5.48. The number of anilines is 2. The molecule has 3 aromatic rings. The van der Waals surface area contributed by atoms with Gasteiger partial charge >= 0.3 is 0 Å². The first kappa shape index (κ1) is 21.2. The van der Waals surface area contributed by atoms with Gasteiger partial charge in [-0.15, -0.1) is 0 Å². The maximum atomic E-state index is 11.9. The quantitative estimate of drug-likeness (QED) is 0.610. The highest BCUT2D eigenvalue weighted by atomic mass is 16.1. The molecule has 0 spiro atoms. The summed E-state index contributed by atoms with van der Waals surface area (Å²) in [7, 11) is 0. The Morgan fingerprint density at radius 3 is 2.66 bits per heavy atom. The van der Waals surface area contributed by atoms with Crippen LogP contribution in [0.5, 0.6) is 0 Å². The first-order valence-corrected chi connectivity index (χ1v) is 10.5. The summed E-state index contributed by atoms with van der Waals surface area (Å²) in [5.41, 5.74) is 8.88. The Labute approximate surface area is 186 Å². The van der Waals surface area contributed by atoms with Crippen molar-refractivity contribution in [3.8, 4) is 6.07 Å². The largest absolute Gasteiger partial charge is 0.381 e. The Kier molecular flexibility index (Phi) is 6.22. The van der Waals surface area contributed by atoms with Crippen LogP contribution in [0.4, 0.5) is 11.5 Å². The summed E-state index contributed by atoms with van der Waals surface area (Å²) in [6.45, 7) is 3.49. The van der Waals surface area contributed by atoms with E-state index in [1.54, 1.807) is 18.5 Å². The SMILES string of the molecule is Cc1nccc(Cc2cc(NC3CCN(c4ccc(C#N)cn4)CC3)c(C(N)=O)cn2)n1. The molecule has 9 nitrogen and oxygen atoms in total. The first-order valence-electron chi connectivity index (χ1n) is 10.5. The van der Waals surface area contributed by atoms with Gasteiger partial charge in [-0.2, -0.15) is 5.26 Å². The standard InChI is InChI=1S/C23H24N8O/c1-15-26-7-4-18(29-15)10-19-11-21(20(14-27-19)23(25)32)30-17-5-8-31(9-6-17)22-3-2-16(12-24)13-28-22/h2-4,7,11,13-14,17H,5-6,8-10H2,1H3,(H2,25,32)(H,27,30). The summed E-state index contributed by atoms with van der Waals surface area (Å²) in [5.74, 6) is 1.06. The highest BCUT2D eigenvalue weighted by Gasteiger charge is 2.22. The van der Waals surface area contributed by atoms with Gasteiger partial charge in [0.25, 0.3) is 5.91 Å². The van der Waals surface area contributed by atoms with Crippen molar-refractivity contribution in [2.45, 2.75) is 32.2 Å². The van der Waals surface area contributed by atoms with Crippen molar-refractivity contribution >= 4 is 17.4 Å². The van der Waals surface area contributed by atoms with Crippen LogP contribution in [0, 0.1) is 18.3 Å². The predicted molar refractivity (Wildman–Crippen MR) is 120 cm³/mol. The number of carbonyl (C=O) groups excluding carboxylic acids is 1. The third kappa shape index (κ3) is 4.98. The van der Waals surface area contributed by atoms with Crippen LogP contribution in [0.3, 0.4) is 0 Å². The molecule has 4 rings (SSSR count). The lowest BCUT2D eigenvalue weighted by Crippen LogP contribution is -2.39. The Morgan fingerprint density at radius 2 is 2.00 bits per heavy atom. The molecule has 1 amide bonds. The minimum absolute atomic E-state index is 0.194. The number of rotatable bonds is 6. The monoisotopic (exact) mass is 428 g/mol. The normalized spacial score (nSPS) is 14.1. The van der Waals surface area contributed by atoms with Crippen LogP contribution in [-0.2, 0) is 6.42 Å². The van der Waals surface area contributed by atoms with Crippen molar-refractivity contribution in [1.29, 1.82) is 5.26 Å². The fraction of sp³-hybridized carbons (Fsp3) is 0.304. The Bertz CT molecular complexity index is 1150. The predicted octanol–water partition coefficient (Wildman–Crippen LogP) is 2.22. The smallest absolute Gasteiger partial charge is 0.252 e. The maximum Gasteiger partial charge on any atom is 0.252 e. The molecule has 0 saturated carbocycles. The number of nitriles is 1. The van der Waals surface area contributed by atoms with Crippen molar-refractivity contribution in [3.05, 3.63) is 71.2 Å². The van der Waals surface area contributed by atoms with Crippen LogP contribution in [0.1, 0.15) is 46.0 Å². The summed E-state index contributed by atoms with van der Waals surface area (Å²) < 4.78 is 0. The van der Waals surface area contributed by atoms with Crippen molar-refractivity contribution in [1.82, 2.24) is 19.9 Å². The fourth-order valence-electron chi connectivity index (χ4n) is 3.81. The Morgan fingerprint density at radius 1 is 1.19 bits per heavy atom. The molecule has 1 aliphatic heterocycles. The lowest BCUT2D eigenvalue weighted by atomic mass is 10.0. The number of nitrogens with one attached hydrogen (secondary N) is 1. The molecule has 0 atom stereocenters. The number of amides is 1. The van der Waals surface area contributed by atoms with E-state index in [1.165, 1.54) is 6.20 Å². The van der Waals surface area contributed by atoms with Gasteiger partial charge in [-0.25, -0.2) is 15.0 Å². The van der Waals surface area contributed by atoms with Gasteiger partial charge in [-0.05, 0) is 44.0 Å². The van der Waals surface area contributed by atoms with Gasteiger partial charge < -0.3 is 16.0 Å². The van der Waals surface area contributed by atoms with Crippen molar-refractivity contribution in [2.75, 3.05) is 23.3 Å². The lowest BCUT2D eigenvalue weighted by molar-refractivity contribution is 0.100. The zero-order chi connectivity index (χ0) is 22.5. The van der Waals surface area contributed by atoms with E-state index in [2.05, 4.69) is 36.2 Å². The lowest BCUT2D eigenvalue weighted by Gasteiger charge is -2.34. The summed E-state index contributed by atoms with van der Waals surface area (Å²) in [6.07, 6.45) is 7.15. The molecule has 0 aromatic carbocycles. The van der Waals surface area contributed by atoms with E-state index in [0.29, 0.717) is 29.1 Å². The van der Waals surface area contributed by atoms with Gasteiger partial charge in [0, 0.05) is 49.8 Å². The molecule has 0 aliphatic carbocycles. The number of nitrogens with two attached hydrogens (primary N) is 1. The average Bonchev–Trinajstić information content (AvgIpc) is 2.80. The molecule has 4 heterocycles. The number of piperidine rings is 1. The number of hydrogen-bond acceptors (Lipinski definition) is 8. The molecule has 0 bridgehead atoms. The molecule has 1 saturated heterocycles. The van der Waals surface area contributed by atoms with Gasteiger partial charge in [0.05, 0.1) is 22.5 Å². The topological polar surface area (TPSA) is 134 Å². The molecule has 3 N–H and O–H groups in total. The van der Waals surface area contributed by atoms with Crippen LogP contribution in [-0.4, -0.2) is 45.0 Å². The number of aromatic nitrogens is 4. The highest BCUT2D eigenvalue weighted by molar-refractivity contribution is 5.98. The van der Waals surface area contributed by atoms with Gasteiger partial charge in [-0.1, -0.05) is 0 Å². The molecule has 1 fully saturated rings. The second-order valence-electron chi connectivity index (χ2n) is 7.78. The highest BCUT2D eigenvalue weighted by Crippen LogP contribution is 2.24. The van der Waals surface area contributed by atoms with Crippen LogP contribution in [0.15, 0.2) is 42.9 Å². The number of nitrogens with zero attached hydrogens (tertiary/aromatic N) is 6. The number of hydrogen-bond donors (Lipinski definition) is 2. The van der Waals surface area contributed by atoms with Gasteiger partial charge in [0.2, 0.25) is 0 Å². The fourth-order valence-corrected chi connectivity index (χ4v) is 3.81. The minimum atomic E-state index is -0.511. The van der Waals surface area contributed by atoms with E-state index in [0.717, 1.165) is 43.1 Å². The molecular weight excluding hydrogens is 404 g/mol. The summed E-state index contributed by atoms with van der Waals surface area (Å²) in [6, 6.07) is 9.68. The van der Waals surface area contributed by atoms with Crippen LogP contribution >= 0.6 is 0 Å². The molecular formula is C23H24N8O. The van der Waals surface area contributed by atoms with Crippen LogP contribution in [0.2, 0.25) is 0 Å².